The highest BCUT2D eigenvalue weighted by molar-refractivity contribution is 6.30. The monoisotopic (exact) mass is 510 g/mol. The molecule has 0 aliphatic carbocycles. The topological polar surface area (TPSA) is 83.2 Å². The van der Waals surface area contributed by atoms with Gasteiger partial charge >= 0.3 is 12.3 Å². The summed E-state index contributed by atoms with van der Waals surface area (Å²) in [6, 6.07) is 7.93. The minimum atomic E-state index is -4.96. The number of rotatable bonds is 4. The maximum absolute atomic E-state index is 14.0. The first-order valence-electron chi connectivity index (χ1n) is 10.9. The largest absolute Gasteiger partial charge is 0.507 e. The van der Waals surface area contributed by atoms with E-state index in [9.17, 15) is 27.9 Å². The highest BCUT2D eigenvalue weighted by Crippen LogP contribution is 2.39. The number of halogens is 4. The van der Waals surface area contributed by atoms with Crippen LogP contribution in [0.3, 0.4) is 0 Å². The lowest BCUT2D eigenvalue weighted by Gasteiger charge is -2.34. The van der Waals surface area contributed by atoms with Gasteiger partial charge in [0.2, 0.25) is 11.2 Å². The summed E-state index contributed by atoms with van der Waals surface area (Å²) in [4.78, 5) is 28.6. The second kappa shape index (κ2) is 9.79. The standard InChI is InChI=1S/C24H22ClF3N2O5/c1-2-34-23(33)30-11-9-29(10-12-30)13-17-18(31)8-7-16-20(32)19(14-3-5-15(25)6-4-14)22(24(26,27)28)35-21(16)17/h3-8,31H,2,9-13H2,1H3. The molecule has 0 radical (unpaired) electrons. The van der Waals surface area contributed by atoms with Gasteiger partial charge in [0.15, 0.2) is 0 Å². The fourth-order valence-electron chi connectivity index (χ4n) is 4.06. The maximum Gasteiger partial charge on any atom is 0.450 e. The number of piperazine rings is 1. The highest BCUT2D eigenvalue weighted by atomic mass is 35.5. The van der Waals surface area contributed by atoms with Crippen molar-refractivity contribution >= 4 is 28.7 Å². The van der Waals surface area contributed by atoms with Crippen molar-refractivity contribution in [1.82, 2.24) is 9.80 Å². The number of phenols is 1. The number of benzene rings is 2. The third-order valence-corrected chi connectivity index (χ3v) is 6.06. The van der Waals surface area contributed by atoms with Crippen LogP contribution < -0.4 is 5.43 Å². The number of aromatic hydroxyl groups is 1. The number of nitrogens with zero attached hydrogens (tertiary/aromatic N) is 2. The molecule has 35 heavy (non-hydrogen) atoms. The van der Waals surface area contributed by atoms with Gasteiger partial charge in [-0.2, -0.15) is 13.2 Å². The van der Waals surface area contributed by atoms with E-state index in [-0.39, 0.29) is 41.0 Å². The third kappa shape index (κ3) is 5.08. The average Bonchev–Trinajstić information content (AvgIpc) is 2.81. The van der Waals surface area contributed by atoms with Crippen LogP contribution in [0.1, 0.15) is 18.2 Å². The zero-order valence-corrected chi connectivity index (χ0v) is 19.4. The predicted molar refractivity (Wildman–Crippen MR) is 123 cm³/mol. The molecule has 2 aromatic carbocycles. The molecule has 4 rings (SSSR count). The van der Waals surface area contributed by atoms with Crippen molar-refractivity contribution in [2.75, 3.05) is 32.8 Å². The molecule has 0 unspecified atom stereocenters. The smallest absolute Gasteiger partial charge is 0.450 e. The fourth-order valence-corrected chi connectivity index (χ4v) is 4.19. The molecule has 1 fully saturated rings. The van der Waals surface area contributed by atoms with Crippen LogP contribution >= 0.6 is 11.6 Å². The maximum atomic E-state index is 14.0. The summed E-state index contributed by atoms with van der Waals surface area (Å²) in [5.74, 6) is -1.74. The number of carbonyl (C=O) groups is 1. The van der Waals surface area contributed by atoms with Crippen molar-refractivity contribution in [1.29, 1.82) is 0 Å². The summed E-state index contributed by atoms with van der Waals surface area (Å²) in [5.41, 5.74) is -1.73. The van der Waals surface area contributed by atoms with E-state index in [1.54, 1.807) is 6.92 Å². The number of fused-ring (bicyclic) bond motifs is 1. The van der Waals surface area contributed by atoms with Crippen molar-refractivity contribution in [2.24, 2.45) is 0 Å². The SMILES string of the molecule is CCOC(=O)N1CCN(Cc2c(O)ccc3c(=O)c(-c4ccc(Cl)cc4)c(C(F)(F)F)oc23)CC1. The summed E-state index contributed by atoms with van der Waals surface area (Å²) < 4.78 is 52.4. The molecule has 1 aliphatic heterocycles. The van der Waals surface area contributed by atoms with Crippen LogP contribution in [0, 0.1) is 0 Å². The number of alkyl halides is 3. The molecule has 1 saturated heterocycles. The second-order valence-corrected chi connectivity index (χ2v) is 8.48. The van der Waals surface area contributed by atoms with E-state index >= 15 is 0 Å². The van der Waals surface area contributed by atoms with Crippen molar-refractivity contribution in [2.45, 2.75) is 19.6 Å². The van der Waals surface area contributed by atoms with E-state index in [2.05, 4.69) is 0 Å². The Bertz CT molecular complexity index is 1300. The van der Waals surface area contributed by atoms with Gasteiger partial charge in [0, 0.05) is 37.7 Å². The molecule has 0 spiro atoms. The first kappa shape index (κ1) is 24.9. The van der Waals surface area contributed by atoms with Gasteiger partial charge in [0.25, 0.3) is 0 Å². The van der Waals surface area contributed by atoms with Crippen molar-refractivity contribution in [3.63, 3.8) is 0 Å². The Balaban J connectivity index is 1.75. The predicted octanol–water partition coefficient (Wildman–Crippen LogP) is 5.11. The summed E-state index contributed by atoms with van der Waals surface area (Å²) in [6.07, 6.45) is -5.40. The lowest BCUT2D eigenvalue weighted by molar-refractivity contribution is -0.152. The van der Waals surface area contributed by atoms with E-state index in [1.807, 2.05) is 4.90 Å². The molecule has 0 bridgehead atoms. The molecule has 0 saturated carbocycles. The summed E-state index contributed by atoms with van der Waals surface area (Å²) in [7, 11) is 0. The van der Waals surface area contributed by atoms with E-state index in [0.29, 0.717) is 31.2 Å². The van der Waals surface area contributed by atoms with Crippen LogP contribution in [0.4, 0.5) is 18.0 Å². The van der Waals surface area contributed by atoms with Crippen LogP contribution in [0.25, 0.3) is 22.1 Å². The zero-order valence-electron chi connectivity index (χ0n) is 18.7. The minimum absolute atomic E-state index is 0.0158. The Labute approximate surface area is 203 Å². The number of hydrogen-bond donors (Lipinski definition) is 1. The van der Waals surface area contributed by atoms with Crippen LogP contribution in [-0.4, -0.2) is 53.8 Å². The van der Waals surface area contributed by atoms with Gasteiger partial charge in [-0.3, -0.25) is 9.69 Å². The van der Waals surface area contributed by atoms with Gasteiger partial charge in [-0.25, -0.2) is 4.79 Å². The van der Waals surface area contributed by atoms with E-state index in [4.69, 9.17) is 20.8 Å². The Morgan fingerprint density at radius 1 is 1.11 bits per heavy atom. The second-order valence-electron chi connectivity index (χ2n) is 8.04. The molecule has 11 heteroatoms. The molecule has 0 atom stereocenters. The van der Waals surface area contributed by atoms with Crippen LogP contribution in [0.5, 0.6) is 5.75 Å². The minimum Gasteiger partial charge on any atom is -0.507 e. The molecular weight excluding hydrogens is 489 g/mol. The summed E-state index contributed by atoms with van der Waals surface area (Å²) in [6.45, 7) is 3.48. The summed E-state index contributed by atoms with van der Waals surface area (Å²) in [5, 5.41) is 10.7. The van der Waals surface area contributed by atoms with Gasteiger partial charge in [0.05, 0.1) is 23.1 Å². The van der Waals surface area contributed by atoms with Crippen molar-refractivity contribution in [3.05, 3.63) is 63.0 Å². The van der Waals surface area contributed by atoms with E-state index < -0.39 is 29.0 Å². The Kier molecular flexibility index (Phi) is 6.95. The molecule has 1 aromatic heterocycles. The quantitative estimate of drug-likeness (QED) is 0.525. The van der Waals surface area contributed by atoms with Gasteiger partial charge in [-0.1, -0.05) is 23.7 Å². The lowest BCUT2D eigenvalue weighted by atomic mass is 10.00. The van der Waals surface area contributed by atoms with Crippen LogP contribution in [-0.2, 0) is 17.5 Å². The van der Waals surface area contributed by atoms with E-state index in [1.165, 1.54) is 41.3 Å². The average molecular weight is 511 g/mol. The molecule has 3 aromatic rings. The van der Waals surface area contributed by atoms with Crippen molar-refractivity contribution in [3.8, 4) is 16.9 Å². The Morgan fingerprint density at radius 3 is 2.37 bits per heavy atom. The number of carbonyl (C=O) groups excluding carboxylic acids is 1. The Morgan fingerprint density at radius 2 is 1.77 bits per heavy atom. The van der Waals surface area contributed by atoms with E-state index in [0.717, 1.165) is 0 Å². The molecule has 1 amide bonds. The highest BCUT2D eigenvalue weighted by Gasteiger charge is 2.40. The first-order valence-corrected chi connectivity index (χ1v) is 11.3. The molecule has 186 valence electrons. The normalized spacial score (nSPS) is 14.9. The van der Waals surface area contributed by atoms with Gasteiger partial charge in [-0.05, 0) is 36.8 Å². The molecule has 1 aliphatic rings. The van der Waals surface area contributed by atoms with Gasteiger partial charge < -0.3 is 19.2 Å². The number of hydrogen-bond acceptors (Lipinski definition) is 6. The Hall–Kier alpha value is -3.24. The van der Waals surface area contributed by atoms with Crippen molar-refractivity contribution < 1.29 is 32.2 Å². The molecular formula is C24H22ClF3N2O5. The molecule has 1 N–H and O–H groups in total. The number of amides is 1. The zero-order chi connectivity index (χ0) is 25.3. The number of phenolic OH excluding ortho intramolecular Hbond substituents is 1. The third-order valence-electron chi connectivity index (χ3n) is 5.81. The molecule has 2 heterocycles. The van der Waals surface area contributed by atoms with Gasteiger partial charge in [0.1, 0.15) is 11.3 Å². The number of ether oxygens (including phenoxy) is 1. The van der Waals surface area contributed by atoms with Crippen LogP contribution in [0.15, 0.2) is 45.6 Å². The van der Waals surface area contributed by atoms with Crippen LogP contribution in [0.2, 0.25) is 5.02 Å². The molecule has 7 nitrogen and oxygen atoms in total. The lowest BCUT2D eigenvalue weighted by Crippen LogP contribution is -2.48. The fraction of sp³-hybridized carbons (Fsp3) is 0.333. The summed E-state index contributed by atoms with van der Waals surface area (Å²) >= 11 is 5.85. The van der Waals surface area contributed by atoms with Gasteiger partial charge in [-0.15, -0.1) is 0 Å². The first-order chi connectivity index (χ1) is 16.6.